The Morgan fingerprint density at radius 1 is 1.27 bits per heavy atom. The van der Waals surface area contributed by atoms with Crippen LogP contribution >= 0.6 is 0 Å². The number of carbonyl (C=O) groups is 2. The van der Waals surface area contributed by atoms with Crippen molar-refractivity contribution >= 4 is 21.9 Å². The molecule has 0 radical (unpaired) electrons. The molecular formula is C17H27N3O5S. The fraction of sp³-hybridized carbons (Fsp3) is 0.647. The number of hydrogen-bond acceptors (Lipinski definition) is 4. The molecule has 2 N–H and O–H groups in total. The van der Waals surface area contributed by atoms with Crippen molar-refractivity contribution in [2.45, 2.75) is 50.5 Å². The number of aromatic nitrogens is 1. The molecule has 9 heteroatoms. The second kappa shape index (κ2) is 8.22. The number of aliphatic carboxylic acids is 1. The monoisotopic (exact) mass is 385 g/mol. The summed E-state index contributed by atoms with van der Waals surface area (Å²) in [6.45, 7) is 4.55. The molecule has 1 saturated heterocycles. The molecule has 1 aromatic heterocycles. The molecule has 0 aliphatic carbocycles. The average Bonchev–Trinajstić information content (AvgIpc) is 3.02. The Balaban J connectivity index is 2.23. The minimum atomic E-state index is -3.65. The molecule has 1 aliphatic rings. The summed E-state index contributed by atoms with van der Waals surface area (Å²) in [6.07, 6.45) is 4.67. The Kier molecular flexibility index (Phi) is 6.46. The molecular weight excluding hydrogens is 358 g/mol. The van der Waals surface area contributed by atoms with Crippen molar-refractivity contribution in [2.24, 2.45) is 13.0 Å². The van der Waals surface area contributed by atoms with Crippen LogP contribution in [-0.2, 0) is 21.9 Å². The number of sulfonamides is 1. The van der Waals surface area contributed by atoms with Crippen LogP contribution in [0.1, 0.15) is 50.0 Å². The highest BCUT2D eigenvalue weighted by Crippen LogP contribution is 2.22. The van der Waals surface area contributed by atoms with E-state index in [0.717, 1.165) is 19.3 Å². The van der Waals surface area contributed by atoms with Crippen LogP contribution in [0.25, 0.3) is 0 Å². The SMILES string of the molecule is CCC(C)C(NC(=O)c1cc(S(=O)(=O)N2CCCCC2)cn1C)C(=O)O. The number of carbonyl (C=O) groups excluding carboxylic acids is 1. The van der Waals surface area contributed by atoms with Crippen LogP contribution < -0.4 is 5.32 Å². The molecule has 26 heavy (non-hydrogen) atoms. The predicted molar refractivity (Wildman–Crippen MR) is 96.4 cm³/mol. The number of nitrogens with zero attached hydrogens (tertiary/aromatic N) is 2. The lowest BCUT2D eigenvalue weighted by atomic mass is 9.99. The van der Waals surface area contributed by atoms with Gasteiger partial charge in [-0.05, 0) is 24.8 Å². The summed E-state index contributed by atoms with van der Waals surface area (Å²) in [6, 6.07) is 0.291. The van der Waals surface area contributed by atoms with E-state index in [2.05, 4.69) is 5.32 Å². The van der Waals surface area contributed by atoms with Gasteiger partial charge in [0, 0.05) is 26.3 Å². The zero-order chi connectivity index (χ0) is 19.5. The second-order valence-electron chi connectivity index (χ2n) is 6.81. The molecule has 0 spiro atoms. The maximum atomic E-state index is 12.7. The summed E-state index contributed by atoms with van der Waals surface area (Å²) in [5, 5.41) is 11.8. The number of hydrogen-bond donors (Lipinski definition) is 2. The van der Waals surface area contributed by atoms with Gasteiger partial charge in [-0.25, -0.2) is 13.2 Å². The number of carboxylic acid groups (broad SMARTS) is 1. The van der Waals surface area contributed by atoms with E-state index in [1.165, 1.54) is 21.1 Å². The van der Waals surface area contributed by atoms with Gasteiger partial charge in [-0.1, -0.05) is 26.7 Å². The standard InChI is InChI=1S/C17H27N3O5S/c1-4-12(2)15(17(22)23)18-16(21)14-10-13(11-19(14)3)26(24,25)20-8-6-5-7-9-20/h10-12,15H,4-9H2,1-3H3,(H,18,21)(H,22,23). The Morgan fingerprint density at radius 2 is 1.88 bits per heavy atom. The third kappa shape index (κ3) is 4.27. The first-order chi connectivity index (χ1) is 12.2. The van der Waals surface area contributed by atoms with Crippen LogP contribution in [0.5, 0.6) is 0 Å². The third-order valence-electron chi connectivity index (χ3n) is 4.93. The molecule has 2 atom stereocenters. The highest BCUT2D eigenvalue weighted by Gasteiger charge is 2.30. The van der Waals surface area contributed by atoms with Crippen molar-refractivity contribution in [2.75, 3.05) is 13.1 Å². The smallest absolute Gasteiger partial charge is 0.326 e. The average molecular weight is 385 g/mol. The Morgan fingerprint density at radius 3 is 2.42 bits per heavy atom. The van der Waals surface area contributed by atoms with Gasteiger partial charge >= 0.3 is 5.97 Å². The van der Waals surface area contributed by atoms with E-state index >= 15 is 0 Å². The number of amides is 1. The van der Waals surface area contributed by atoms with E-state index < -0.39 is 27.9 Å². The number of aryl methyl sites for hydroxylation is 1. The highest BCUT2D eigenvalue weighted by atomic mass is 32.2. The molecule has 146 valence electrons. The van der Waals surface area contributed by atoms with E-state index in [9.17, 15) is 23.1 Å². The molecule has 0 aromatic carbocycles. The summed E-state index contributed by atoms with van der Waals surface area (Å²) < 4.78 is 28.3. The summed E-state index contributed by atoms with van der Waals surface area (Å²) in [7, 11) is -2.07. The minimum Gasteiger partial charge on any atom is -0.480 e. The summed E-state index contributed by atoms with van der Waals surface area (Å²) >= 11 is 0. The molecule has 8 nitrogen and oxygen atoms in total. The van der Waals surface area contributed by atoms with Crippen molar-refractivity contribution in [1.82, 2.24) is 14.2 Å². The first kappa shape index (κ1) is 20.4. The molecule has 1 fully saturated rings. The lowest BCUT2D eigenvalue weighted by Gasteiger charge is -2.25. The van der Waals surface area contributed by atoms with Gasteiger partial charge in [0.1, 0.15) is 16.6 Å². The summed E-state index contributed by atoms with van der Waals surface area (Å²) in [4.78, 5) is 24.0. The van der Waals surface area contributed by atoms with Crippen LogP contribution in [0.2, 0.25) is 0 Å². The predicted octanol–water partition coefficient (Wildman–Crippen LogP) is 1.43. The Hall–Kier alpha value is -1.87. The number of rotatable bonds is 7. The van der Waals surface area contributed by atoms with Gasteiger partial charge in [-0.15, -0.1) is 0 Å². The highest BCUT2D eigenvalue weighted by molar-refractivity contribution is 7.89. The molecule has 2 heterocycles. The molecule has 0 saturated carbocycles. The van der Waals surface area contributed by atoms with Crippen LogP contribution in [0.3, 0.4) is 0 Å². The normalized spacial score (nSPS) is 18.3. The lowest BCUT2D eigenvalue weighted by molar-refractivity contribution is -0.140. The fourth-order valence-corrected chi connectivity index (χ4v) is 4.64. The van der Waals surface area contributed by atoms with E-state index in [1.54, 1.807) is 14.0 Å². The van der Waals surface area contributed by atoms with Gasteiger partial charge in [-0.2, -0.15) is 4.31 Å². The van der Waals surface area contributed by atoms with Crippen molar-refractivity contribution < 1.29 is 23.1 Å². The zero-order valence-electron chi connectivity index (χ0n) is 15.4. The van der Waals surface area contributed by atoms with Crippen molar-refractivity contribution in [3.8, 4) is 0 Å². The minimum absolute atomic E-state index is 0.0578. The third-order valence-corrected chi connectivity index (χ3v) is 6.79. The van der Waals surface area contributed by atoms with E-state index in [-0.39, 0.29) is 16.5 Å². The first-order valence-electron chi connectivity index (χ1n) is 8.88. The zero-order valence-corrected chi connectivity index (χ0v) is 16.3. The molecule has 1 amide bonds. The second-order valence-corrected chi connectivity index (χ2v) is 8.75. The van der Waals surface area contributed by atoms with Gasteiger partial charge in [0.2, 0.25) is 10.0 Å². The van der Waals surface area contributed by atoms with Crippen molar-refractivity contribution in [3.05, 3.63) is 18.0 Å². The molecule has 2 rings (SSSR count). The quantitative estimate of drug-likeness (QED) is 0.738. The topological polar surface area (TPSA) is 109 Å². The molecule has 0 bridgehead atoms. The summed E-state index contributed by atoms with van der Waals surface area (Å²) in [5.41, 5.74) is 0.120. The van der Waals surface area contributed by atoms with Crippen molar-refractivity contribution in [3.63, 3.8) is 0 Å². The van der Waals surface area contributed by atoms with Gasteiger partial charge in [0.05, 0.1) is 0 Å². The maximum absolute atomic E-state index is 12.7. The fourth-order valence-electron chi connectivity index (χ4n) is 3.05. The van der Waals surface area contributed by atoms with Crippen molar-refractivity contribution in [1.29, 1.82) is 0 Å². The van der Waals surface area contributed by atoms with Gasteiger partial charge in [0.25, 0.3) is 5.91 Å². The maximum Gasteiger partial charge on any atom is 0.326 e. The van der Waals surface area contributed by atoms with Crippen LogP contribution in [0, 0.1) is 5.92 Å². The first-order valence-corrected chi connectivity index (χ1v) is 10.3. The Bertz CT molecular complexity index is 765. The van der Waals surface area contributed by atoms with Gasteiger partial charge in [-0.3, -0.25) is 4.79 Å². The largest absolute Gasteiger partial charge is 0.480 e. The molecule has 2 unspecified atom stereocenters. The molecule has 1 aromatic rings. The van der Waals surface area contributed by atoms with Crippen LogP contribution in [0.4, 0.5) is 0 Å². The van der Waals surface area contributed by atoms with E-state index in [1.807, 2.05) is 6.92 Å². The summed E-state index contributed by atoms with van der Waals surface area (Å²) in [5.74, 6) is -1.95. The van der Waals surface area contributed by atoms with Gasteiger partial charge < -0.3 is 15.0 Å². The van der Waals surface area contributed by atoms with E-state index in [0.29, 0.717) is 19.5 Å². The Labute approximate surface area is 154 Å². The van der Waals surface area contributed by atoms with Crippen LogP contribution in [0.15, 0.2) is 17.2 Å². The number of nitrogens with one attached hydrogen (secondary N) is 1. The van der Waals surface area contributed by atoms with Crippen LogP contribution in [-0.4, -0.2) is 53.4 Å². The van der Waals surface area contributed by atoms with Gasteiger partial charge in [0.15, 0.2) is 0 Å². The molecule has 1 aliphatic heterocycles. The number of piperidine rings is 1. The van der Waals surface area contributed by atoms with E-state index in [4.69, 9.17) is 0 Å². The number of carboxylic acids is 1. The lowest BCUT2D eigenvalue weighted by Crippen LogP contribution is -2.45.